The number of hydrogen-bond acceptors (Lipinski definition) is 6. The van der Waals surface area contributed by atoms with E-state index in [1.54, 1.807) is 0 Å². The average molecular weight is 859 g/mol. The molecule has 0 atom stereocenters. The largest absolute Gasteiger partial charge is 0.462 e. The van der Waals surface area contributed by atoms with Crippen LogP contribution in [0.15, 0.2) is 47.4 Å². The molecule has 346 valence electrons. The summed E-state index contributed by atoms with van der Waals surface area (Å²) >= 11 is 0. The van der Waals surface area contributed by atoms with Gasteiger partial charge in [-0.25, -0.2) is 9.59 Å². The summed E-state index contributed by atoms with van der Waals surface area (Å²) in [5, 5.41) is 0. The second-order valence-electron chi connectivity index (χ2n) is 17.2. The minimum Gasteiger partial charge on any atom is -0.462 e. The van der Waals surface area contributed by atoms with Gasteiger partial charge in [0.2, 0.25) is 0 Å². The molecule has 0 heterocycles. The van der Waals surface area contributed by atoms with E-state index in [1.807, 2.05) is 0 Å². The summed E-state index contributed by atoms with van der Waals surface area (Å²) in [6, 6.07) is 3.31. The molecule has 0 unspecified atom stereocenters. The maximum absolute atomic E-state index is 13.0. The summed E-state index contributed by atoms with van der Waals surface area (Å²) in [6.45, 7) is 4.93. The van der Waals surface area contributed by atoms with Crippen LogP contribution in [0.3, 0.4) is 0 Å². The molecule has 1 aromatic rings. The molecule has 1 N–H and O–H groups in total. The van der Waals surface area contributed by atoms with Gasteiger partial charge in [0.15, 0.2) is 0 Å². The first-order valence-corrected chi connectivity index (χ1v) is 26.5. The van der Waals surface area contributed by atoms with Gasteiger partial charge in [0.25, 0.3) is 10.1 Å². The van der Waals surface area contributed by atoms with Gasteiger partial charge in [0.05, 0.1) is 29.2 Å². The Morgan fingerprint density at radius 1 is 0.433 bits per heavy atom. The molecule has 7 nitrogen and oxygen atoms in total. The van der Waals surface area contributed by atoms with Gasteiger partial charge < -0.3 is 9.47 Å². The van der Waals surface area contributed by atoms with E-state index in [2.05, 4.69) is 38.2 Å². The molecule has 0 saturated carbocycles. The quantitative estimate of drug-likeness (QED) is 0.0302. The second kappa shape index (κ2) is 40.6. The first-order valence-electron chi connectivity index (χ1n) is 25.1. The molecule has 0 aliphatic rings. The van der Waals surface area contributed by atoms with Crippen LogP contribution in [0, 0.1) is 0 Å². The molecule has 0 spiro atoms. The average Bonchev–Trinajstić information content (AvgIpc) is 3.24. The van der Waals surface area contributed by atoms with Crippen LogP contribution in [-0.2, 0) is 19.6 Å². The van der Waals surface area contributed by atoms with Crippen LogP contribution in [0.25, 0.3) is 0 Å². The molecule has 1 aromatic carbocycles. The molecule has 1 rings (SSSR count). The van der Waals surface area contributed by atoms with E-state index in [9.17, 15) is 22.6 Å². The maximum atomic E-state index is 13.0. The van der Waals surface area contributed by atoms with E-state index in [4.69, 9.17) is 9.47 Å². The van der Waals surface area contributed by atoms with E-state index in [0.717, 1.165) is 57.1 Å². The zero-order valence-corrected chi connectivity index (χ0v) is 39.5. The molecule has 0 aliphatic carbocycles. The van der Waals surface area contributed by atoms with E-state index < -0.39 is 27.0 Å². The summed E-state index contributed by atoms with van der Waals surface area (Å²) in [5.74, 6) is -1.50. The van der Waals surface area contributed by atoms with Gasteiger partial charge in [0, 0.05) is 0 Å². The Morgan fingerprint density at radius 2 is 0.717 bits per heavy atom. The van der Waals surface area contributed by atoms with Crippen LogP contribution < -0.4 is 0 Å². The van der Waals surface area contributed by atoms with Crippen molar-refractivity contribution >= 4 is 22.1 Å². The highest BCUT2D eigenvalue weighted by molar-refractivity contribution is 7.85. The van der Waals surface area contributed by atoms with Gasteiger partial charge in [-0.15, -0.1) is 0 Å². The minimum atomic E-state index is -4.57. The van der Waals surface area contributed by atoms with Crippen LogP contribution >= 0.6 is 0 Å². The molecule has 0 fully saturated rings. The Kier molecular flexibility index (Phi) is 37.6. The first kappa shape index (κ1) is 55.6. The molecule has 8 heteroatoms. The zero-order chi connectivity index (χ0) is 43.6. The monoisotopic (exact) mass is 859 g/mol. The fourth-order valence-corrected chi connectivity index (χ4v) is 8.14. The van der Waals surface area contributed by atoms with Crippen LogP contribution in [-0.4, -0.2) is 38.1 Å². The van der Waals surface area contributed by atoms with E-state index in [-0.39, 0.29) is 24.3 Å². The molecular weight excluding hydrogens is 769 g/mol. The number of rotatable bonds is 43. The Hall–Kier alpha value is -2.45. The summed E-state index contributed by atoms with van der Waals surface area (Å²) in [6.07, 6.45) is 53.8. The molecular formula is C52H90O7S. The minimum absolute atomic E-state index is 0.0607. The van der Waals surface area contributed by atoms with Gasteiger partial charge in [-0.3, -0.25) is 4.55 Å². The highest BCUT2D eigenvalue weighted by Gasteiger charge is 2.23. The lowest BCUT2D eigenvalue weighted by atomic mass is 10.1. The lowest BCUT2D eigenvalue weighted by Gasteiger charge is -2.11. The molecule has 0 saturated heterocycles. The number of allylic oxidation sites excluding steroid dienone is 4. The number of carbonyl (C=O) groups is 2. The van der Waals surface area contributed by atoms with Crippen LogP contribution in [0.2, 0.25) is 0 Å². The second-order valence-corrected chi connectivity index (χ2v) is 18.6. The SMILES string of the molecule is CCCCCCCCCC/C=C/CCCCCCCCCCOC(=O)c1ccc(S(=O)(=O)O)cc1C(=O)OCCCCCCCCCC/C=C/CCCCCCCCCC. The topological polar surface area (TPSA) is 107 Å². The fraction of sp³-hybridized carbons (Fsp3) is 0.769. The summed E-state index contributed by atoms with van der Waals surface area (Å²) in [4.78, 5) is 25.5. The lowest BCUT2D eigenvalue weighted by molar-refractivity contribution is 0.0450. The summed E-state index contributed by atoms with van der Waals surface area (Å²) < 4.78 is 44.1. The molecule has 60 heavy (non-hydrogen) atoms. The molecule has 0 bridgehead atoms. The number of benzene rings is 1. The van der Waals surface area contributed by atoms with Crippen molar-refractivity contribution in [1.29, 1.82) is 0 Å². The third-order valence-corrected chi connectivity index (χ3v) is 12.4. The number of unbranched alkanes of at least 4 members (excludes halogenated alkanes) is 32. The van der Waals surface area contributed by atoms with Crippen molar-refractivity contribution in [2.75, 3.05) is 13.2 Å². The van der Waals surface area contributed by atoms with Crippen LogP contribution in [0.5, 0.6) is 0 Å². The Balaban J connectivity index is 2.15. The first-order chi connectivity index (χ1) is 29.3. The normalized spacial score (nSPS) is 11.9. The molecule has 0 amide bonds. The smallest absolute Gasteiger partial charge is 0.339 e. The van der Waals surface area contributed by atoms with Gasteiger partial charge in [0.1, 0.15) is 0 Å². The number of hydrogen-bond donors (Lipinski definition) is 1. The van der Waals surface area contributed by atoms with Gasteiger partial charge in [-0.1, -0.05) is 205 Å². The molecule has 0 aliphatic heterocycles. The van der Waals surface area contributed by atoms with Crippen molar-refractivity contribution in [3.8, 4) is 0 Å². The van der Waals surface area contributed by atoms with Crippen molar-refractivity contribution in [3.05, 3.63) is 53.6 Å². The predicted molar refractivity (Wildman–Crippen MR) is 253 cm³/mol. The predicted octanol–water partition coefficient (Wildman–Crippen LogP) is 16.4. The van der Waals surface area contributed by atoms with E-state index >= 15 is 0 Å². The highest BCUT2D eigenvalue weighted by Crippen LogP contribution is 2.20. The van der Waals surface area contributed by atoms with Crippen molar-refractivity contribution in [2.45, 2.75) is 250 Å². The van der Waals surface area contributed by atoms with E-state index in [0.29, 0.717) is 6.42 Å². The summed E-state index contributed by atoms with van der Waals surface area (Å²) in [5.41, 5.74) is -0.272. The fourth-order valence-electron chi connectivity index (χ4n) is 7.63. The van der Waals surface area contributed by atoms with Crippen molar-refractivity contribution in [1.82, 2.24) is 0 Å². The number of ether oxygens (including phenoxy) is 2. The lowest BCUT2D eigenvalue weighted by Crippen LogP contribution is -2.16. The Bertz CT molecular complexity index is 1340. The maximum Gasteiger partial charge on any atom is 0.339 e. The van der Waals surface area contributed by atoms with Crippen molar-refractivity contribution < 1.29 is 32.0 Å². The van der Waals surface area contributed by atoms with Crippen molar-refractivity contribution in [3.63, 3.8) is 0 Å². The standard InChI is InChI=1S/C52H90O7S/c1-3-5-7-9-11-13-15-17-19-21-23-25-27-29-31-33-35-37-39-41-45-58-51(53)49-44-43-48(60(55,56)57)47-50(49)52(54)59-46-42-40-38-36-34-32-30-28-26-24-22-20-18-16-14-12-10-8-6-4-2/h21-24,43-44,47H,3-20,25-42,45-46H2,1-2H3,(H,55,56,57)/b23-21+,24-22+. The molecule has 0 radical (unpaired) electrons. The Labute approximate surface area is 369 Å². The summed E-state index contributed by atoms with van der Waals surface area (Å²) in [7, 11) is -4.57. The van der Waals surface area contributed by atoms with Crippen LogP contribution in [0.4, 0.5) is 0 Å². The third-order valence-electron chi connectivity index (χ3n) is 11.5. The van der Waals surface area contributed by atoms with E-state index in [1.165, 1.54) is 186 Å². The Morgan fingerprint density at radius 3 is 1.03 bits per heavy atom. The van der Waals surface area contributed by atoms with Crippen molar-refractivity contribution in [2.24, 2.45) is 0 Å². The molecule has 0 aromatic heterocycles. The zero-order valence-electron chi connectivity index (χ0n) is 38.7. The van der Waals surface area contributed by atoms with Crippen LogP contribution in [0.1, 0.15) is 266 Å². The third kappa shape index (κ3) is 33.2. The number of carbonyl (C=O) groups excluding carboxylic acids is 2. The van der Waals surface area contributed by atoms with Gasteiger partial charge in [-0.05, 0) is 82.4 Å². The number of esters is 2. The highest BCUT2D eigenvalue weighted by atomic mass is 32.2. The van der Waals surface area contributed by atoms with Gasteiger partial charge in [-0.2, -0.15) is 8.42 Å². The van der Waals surface area contributed by atoms with Gasteiger partial charge >= 0.3 is 11.9 Å².